The van der Waals surface area contributed by atoms with Gasteiger partial charge in [-0.3, -0.25) is 4.79 Å². The number of carbonyl (C=O) groups excluding carboxylic acids is 1. The van der Waals surface area contributed by atoms with Crippen molar-refractivity contribution in [3.8, 4) is 5.75 Å². The molecule has 5 heteroatoms. The molecule has 0 heterocycles. The molecule has 2 aromatic rings. The molecule has 4 nitrogen and oxygen atoms in total. The van der Waals surface area contributed by atoms with Crippen LogP contribution in [0.1, 0.15) is 22.0 Å². The molecular weight excluding hydrogens is 302 g/mol. The number of halogens is 1. The minimum absolute atomic E-state index is 0.0670. The Kier molecular flexibility index (Phi) is 5.41. The molecule has 0 aliphatic rings. The lowest BCUT2D eigenvalue weighted by atomic mass is 10.1. The predicted octanol–water partition coefficient (Wildman–Crippen LogP) is 3.15. The Morgan fingerprint density at radius 2 is 1.82 bits per heavy atom. The van der Waals surface area contributed by atoms with E-state index in [0.717, 1.165) is 0 Å². The lowest BCUT2D eigenvalue weighted by molar-refractivity contribution is 0.0827. The van der Waals surface area contributed by atoms with Gasteiger partial charge in [-0.2, -0.15) is 0 Å². The number of carbonyl (C=O) groups is 1. The first kappa shape index (κ1) is 16.3. The molecule has 1 unspecified atom stereocenters. The van der Waals surface area contributed by atoms with Crippen LogP contribution in [0.15, 0.2) is 48.5 Å². The van der Waals surface area contributed by atoms with Gasteiger partial charge in [-0.05, 0) is 30.3 Å². The van der Waals surface area contributed by atoms with Crippen LogP contribution < -0.4 is 4.74 Å². The van der Waals surface area contributed by atoms with Gasteiger partial charge in [0.05, 0.1) is 0 Å². The van der Waals surface area contributed by atoms with Gasteiger partial charge in [-0.25, -0.2) is 0 Å². The second kappa shape index (κ2) is 7.29. The fraction of sp³-hybridized carbons (Fsp3) is 0.235. The lowest BCUT2D eigenvalue weighted by Gasteiger charge is -2.14. The molecule has 0 aromatic heterocycles. The third-order valence-corrected chi connectivity index (χ3v) is 3.52. The summed E-state index contributed by atoms with van der Waals surface area (Å²) < 4.78 is 5.54. The minimum Gasteiger partial charge on any atom is -0.491 e. The van der Waals surface area contributed by atoms with Crippen LogP contribution in [-0.4, -0.2) is 36.6 Å². The molecule has 0 saturated heterocycles. The van der Waals surface area contributed by atoms with Crippen molar-refractivity contribution in [3.63, 3.8) is 0 Å². The maximum Gasteiger partial charge on any atom is 0.253 e. The van der Waals surface area contributed by atoms with E-state index >= 15 is 0 Å². The first-order valence-corrected chi connectivity index (χ1v) is 7.24. The van der Waals surface area contributed by atoms with Crippen molar-refractivity contribution in [1.29, 1.82) is 0 Å². The number of nitrogens with zero attached hydrogens (tertiary/aromatic N) is 1. The van der Waals surface area contributed by atoms with Gasteiger partial charge in [0.1, 0.15) is 18.5 Å². The highest BCUT2D eigenvalue weighted by Gasteiger charge is 2.12. The van der Waals surface area contributed by atoms with Gasteiger partial charge in [-0.15, -0.1) is 0 Å². The summed E-state index contributed by atoms with van der Waals surface area (Å²) in [5.74, 6) is 0.518. The van der Waals surface area contributed by atoms with Gasteiger partial charge < -0.3 is 14.7 Å². The summed E-state index contributed by atoms with van der Waals surface area (Å²) in [4.78, 5) is 13.3. The molecule has 0 saturated carbocycles. The average Bonchev–Trinajstić information content (AvgIpc) is 2.52. The molecule has 2 aromatic carbocycles. The second-order valence-electron chi connectivity index (χ2n) is 5.07. The largest absolute Gasteiger partial charge is 0.491 e. The number of aliphatic hydroxyl groups excluding tert-OH is 1. The number of rotatable bonds is 5. The van der Waals surface area contributed by atoms with Crippen LogP contribution in [0, 0.1) is 0 Å². The van der Waals surface area contributed by atoms with Crippen LogP contribution in [0.4, 0.5) is 0 Å². The third kappa shape index (κ3) is 4.00. The van der Waals surface area contributed by atoms with E-state index in [9.17, 15) is 9.90 Å². The molecule has 1 amide bonds. The molecule has 0 radical (unpaired) electrons. The average molecular weight is 320 g/mol. The first-order valence-electron chi connectivity index (χ1n) is 6.86. The van der Waals surface area contributed by atoms with E-state index in [-0.39, 0.29) is 12.5 Å². The number of hydrogen-bond acceptors (Lipinski definition) is 3. The summed E-state index contributed by atoms with van der Waals surface area (Å²) in [6.07, 6.45) is -0.809. The quantitative estimate of drug-likeness (QED) is 0.921. The van der Waals surface area contributed by atoms with Crippen molar-refractivity contribution in [1.82, 2.24) is 4.90 Å². The standard InChI is InChI=1S/C17H18ClNO3/c1-19(2)17(21)12-7-9-13(10-8-12)22-11-16(20)14-5-3-4-6-15(14)18/h3-10,16,20H,11H2,1-2H3. The topological polar surface area (TPSA) is 49.8 Å². The highest BCUT2D eigenvalue weighted by atomic mass is 35.5. The summed E-state index contributed by atoms with van der Waals surface area (Å²) in [6.45, 7) is 0.0880. The van der Waals surface area contributed by atoms with Crippen molar-refractivity contribution in [3.05, 3.63) is 64.7 Å². The van der Waals surface area contributed by atoms with Crippen LogP contribution in [0.5, 0.6) is 5.75 Å². The van der Waals surface area contributed by atoms with E-state index < -0.39 is 6.10 Å². The zero-order valence-electron chi connectivity index (χ0n) is 12.5. The fourth-order valence-corrected chi connectivity index (χ4v) is 2.22. The maximum absolute atomic E-state index is 11.8. The predicted molar refractivity (Wildman–Crippen MR) is 86.4 cm³/mol. The molecule has 22 heavy (non-hydrogen) atoms. The third-order valence-electron chi connectivity index (χ3n) is 3.18. The number of ether oxygens (including phenoxy) is 1. The molecule has 1 N–H and O–H groups in total. The Balaban J connectivity index is 1.97. The van der Waals surface area contributed by atoms with E-state index in [1.807, 2.05) is 6.07 Å². The smallest absolute Gasteiger partial charge is 0.253 e. The van der Waals surface area contributed by atoms with Crippen LogP contribution >= 0.6 is 11.6 Å². The number of aliphatic hydroxyl groups is 1. The highest BCUT2D eigenvalue weighted by Crippen LogP contribution is 2.23. The van der Waals surface area contributed by atoms with Crippen molar-refractivity contribution >= 4 is 17.5 Å². The van der Waals surface area contributed by atoms with Gasteiger partial charge in [0.15, 0.2) is 0 Å². The monoisotopic (exact) mass is 319 g/mol. The maximum atomic E-state index is 11.8. The number of amides is 1. The van der Waals surface area contributed by atoms with Crippen molar-refractivity contribution in [2.24, 2.45) is 0 Å². The van der Waals surface area contributed by atoms with Crippen LogP contribution in [0.3, 0.4) is 0 Å². The zero-order chi connectivity index (χ0) is 16.1. The van der Waals surface area contributed by atoms with Gasteiger partial charge in [0, 0.05) is 30.2 Å². The number of benzene rings is 2. The van der Waals surface area contributed by atoms with Gasteiger partial charge in [-0.1, -0.05) is 29.8 Å². The molecule has 116 valence electrons. The van der Waals surface area contributed by atoms with Crippen molar-refractivity contribution in [2.45, 2.75) is 6.10 Å². The SMILES string of the molecule is CN(C)C(=O)c1ccc(OCC(O)c2ccccc2Cl)cc1. The Hall–Kier alpha value is -2.04. The zero-order valence-corrected chi connectivity index (χ0v) is 13.2. The van der Waals surface area contributed by atoms with E-state index in [2.05, 4.69) is 0 Å². The second-order valence-corrected chi connectivity index (χ2v) is 5.48. The Morgan fingerprint density at radius 1 is 1.18 bits per heavy atom. The summed E-state index contributed by atoms with van der Waals surface area (Å²) >= 11 is 6.03. The minimum atomic E-state index is -0.809. The van der Waals surface area contributed by atoms with E-state index in [1.54, 1.807) is 56.6 Å². The first-order chi connectivity index (χ1) is 10.5. The number of hydrogen-bond donors (Lipinski definition) is 1. The summed E-state index contributed by atoms with van der Waals surface area (Å²) in [6, 6.07) is 13.9. The lowest BCUT2D eigenvalue weighted by Crippen LogP contribution is -2.21. The van der Waals surface area contributed by atoms with Gasteiger partial charge in [0.25, 0.3) is 5.91 Å². The molecule has 0 aliphatic heterocycles. The normalized spacial score (nSPS) is 11.8. The van der Waals surface area contributed by atoms with E-state index in [1.165, 1.54) is 4.90 Å². The summed E-state index contributed by atoms with van der Waals surface area (Å²) in [5, 5.41) is 10.6. The van der Waals surface area contributed by atoms with Crippen molar-refractivity contribution in [2.75, 3.05) is 20.7 Å². The van der Waals surface area contributed by atoms with E-state index in [0.29, 0.717) is 21.9 Å². The molecule has 0 fully saturated rings. The van der Waals surface area contributed by atoms with Crippen LogP contribution in [-0.2, 0) is 0 Å². The molecule has 0 spiro atoms. The molecule has 0 aliphatic carbocycles. The fourth-order valence-electron chi connectivity index (χ4n) is 1.96. The Bertz CT molecular complexity index is 641. The molecule has 2 rings (SSSR count). The Morgan fingerprint density at radius 3 is 2.41 bits per heavy atom. The van der Waals surface area contributed by atoms with Crippen molar-refractivity contribution < 1.29 is 14.6 Å². The molecule has 1 atom stereocenters. The summed E-state index contributed by atoms with van der Waals surface area (Å²) in [7, 11) is 3.40. The Labute approximate surface area is 134 Å². The van der Waals surface area contributed by atoms with Crippen LogP contribution in [0.2, 0.25) is 5.02 Å². The summed E-state index contributed by atoms with van der Waals surface area (Å²) in [5.41, 5.74) is 1.22. The highest BCUT2D eigenvalue weighted by molar-refractivity contribution is 6.31. The van der Waals surface area contributed by atoms with Gasteiger partial charge in [0.2, 0.25) is 0 Å². The van der Waals surface area contributed by atoms with E-state index in [4.69, 9.17) is 16.3 Å². The van der Waals surface area contributed by atoms with Crippen LogP contribution in [0.25, 0.3) is 0 Å². The molecular formula is C17H18ClNO3. The van der Waals surface area contributed by atoms with Gasteiger partial charge >= 0.3 is 0 Å². The molecule has 0 bridgehead atoms.